The maximum atomic E-state index is 12.7. The Kier molecular flexibility index (Phi) is 6.14. The van der Waals surface area contributed by atoms with Crippen LogP contribution < -0.4 is 10.2 Å². The van der Waals surface area contributed by atoms with E-state index >= 15 is 0 Å². The smallest absolute Gasteiger partial charge is 0.224 e. The molecule has 1 amide bonds. The number of hydrogen-bond acceptors (Lipinski definition) is 4. The van der Waals surface area contributed by atoms with Crippen LogP contribution in [0.2, 0.25) is 0 Å². The highest BCUT2D eigenvalue weighted by atomic mass is 16.5. The Morgan fingerprint density at radius 1 is 1.03 bits per heavy atom. The molecule has 0 spiro atoms. The number of carbonyl (C=O) groups is 1. The van der Waals surface area contributed by atoms with E-state index in [0.717, 1.165) is 47.1 Å². The molecule has 4 rings (SSSR count). The number of nitrogens with zero attached hydrogens (tertiary/aromatic N) is 3. The number of aryl methyl sites for hydroxylation is 1. The lowest BCUT2D eigenvalue weighted by molar-refractivity contribution is -0.116. The lowest BCUT2D eigenvalue weighted by Crippen LogP contribution is -2.36. The number of para-hydroxylation sites is 3. The molecule has 0 unspecified atom stereocenters. The Bertz CT molecular complexity index is 1010. The molecule has 1 aromatic heterocycles. The van der Waals surface area contributed by atoms with Gasteiger partial charge in [0.05, 0.1) is 36.0 Å². The normalized spacial score (nSPS) is 14.0. The molecule has 1 N–H and O–H groups in total. The Morgan fingerprint density at radius 2 is 1.73 bits per heavy atom. The van der Waals surface area contributed by atoms with E-state index in [1.807, 2.05) is 60.1 Å². The van der Waals surface area contributed by atoms with Crippen molar-refractivity contribution in [3.8, 4) is 5.69 Å². The van der Waals surface area contributed by atoms with Crippen LogP contribution in [0, 0.1) is 13.8 Å². The van der Waals surface area contributed by atoms with Gasteiger partial charge in [0, 0.05) is 25.2 Å². The summed E-state index contributed by atoms with van der Waals surface area (Å²) in [5, 5.41) is 7.79. The van der Waals surface area contributed by atoms with Crippen molar-refractivity contribution < 1.29 is 9.53 Å². The highest BCUT2D eigenvalue weighted by Gasteiger charge is 2.17. The van der Waals surface area contributed by atoms with Crippen LogP contribution in [0.25, 0.3) is 5.69 Å². The molecule has 1 aliphatic heterocycles. The molecule has 1 aliphatic rings. The second-order valence-electron chi connectivity index (χ2n) is 7.56. The average Bonchev–Trinajstić information content (AvgIpc) is 3.07. The predicted molar refractivity (Wildman–Crippen MR) is 119 cm³/mol. The zero-order chi connectivity index (χ0) is 20.9. The Hall–Kier alpha value is -3.12. The van der Waals surface area contributed by atoms with Crippen LogP contribution >= 0.6 is 0 Å². The fraction of sp³-hybridized carbons (Fsp3) is 0.333. The first-order valence-electron chi connectivity index (χ1n) is 10.5. The first-order valence-corrected chi connectivity index (χ1v) is 10.5. The van der Waals surface area contributed by atoms with Gasteiger partial charge in [-0.1, -0.05) is 30.3 Å². The highest BCUT2D eigenvalue weighted by Crippen LogP contribution is 2.27. The maximum Gasteiger partial charge on any atom is 0.224 e. The fourth-order valence-corrected chi connectivity index (χ4v) is 3.97. The number of carbonyl (C=O) groups excluding carboxylic acids is 1. The molecule has 0 saturated carbocycles. The molecule has 3 aromatic rings. The summed E-state index contributed by atoms with van der Waals surface area (Å²) in [5.74, 6) is 0.0157. The van der Waals surface area contributed by atoms with Crippen LogP contribution in [0.3, 0.4) is 0 Å². The van der Waals surface area contributed by atoms with Crippen molar-refractivity contribution in [2.45, 2.75) is 26.7 Å². The lowest BCUT2D eigenvalue weighted by atomic mass is 10.1. The molecule has 0 atom stereocenters. The van der Waals surface area contributed by atoms with Crippen LogP contribution in [0.15, 0.2) is 54.6 Å². The minimum atomic E-state index is 0.0157. The van der Waals surface area contributed by atoms with Crippen molar-refractivity contribution in [3.05, 3.63) is 71.5 Å². The van der Waals surface area contributed by atoms with Crippen molar-refractivity contribution in [1.82, 2.24) is 9.78 Å². The summed E-state index contributed by atoms with van der Waals surface area (Å²) < 4.78 is 7.40. The number of rotatable bonds is 6. The van der Waals surface area contributed by atoms with E-state index < -0.39 is 0 Å². The summed E-state index contributed by atoms with van der Waals surface area (Å²) in [6.45, 7) is 7.17. The van der Waals surface area contributed by atoms with E-state index in [0.29, 0.717) is 26.1 Å². The first kappa shape index (κ1) is 20.2. The molecule has 0 aliphatic carbocycles. The van der Waals surface area contributed by atoms with Gasteiger partial charge in [-0.3, -0.25) is 4.79 Å². The predicted octanol–water partition coefficient (Wildman–Crippen LogP) is 3.90. The zero-order valence-electron chi connectivity index (χ0n) is 17.6. The van der Waals surface area contributed by atoms with Gasteiger partial charge in [0.15, 0.2) is 0 Å². The summed E-state index contributed by atoms with van der Waals surface area (Å²) in [5.41, 5.74) is 6.14. The molecule has 2 heterocycles. The number of nitrogens with one attached hydrogen (secondary N) is 1. The number of hydrogen-bond donors (Lipinski definition) is 1. The molecule has 0 bridgehead atoms. The van der Waals surface area contributed by atoms with E-state index in [-0.39, 0.29) is 5.91 Å². The van der Waals surface area contributed by atoms with Crippen molar-refractivity contribution in [2.75, 3.05) is 36.5 Å². The second-order valence-corrected chi connectivity index (χ2v) is 7.56. The fourth-order valence-electron chi connectivity index (χ4n) is 3.97. The largest absolute Gasteiger partial charge is 0.378 e. The second kappa shape index (κ2) is 9.13. The van der Waals surface area contributed by atoms with Crippen molar-refractivity contribution >= 4 is 17.3 Å². The summed E-state index contributed by atoms with van der Waals surface area (Å²) in [7, 11) is 0. The minimum absolute atomic E-state index is 0.0157. The van der Waals surface area contributed by atoms with E-state index in [4.69, 9.17) is 4.74 Å². The summed E-state index contributed by atoms with van der Waals surface area (Å²) in [6, 6.07) is 18.1. The molecule has 1 fully saturated rings. The van der Waals surface area contributed by atoms with Crippen LogP contribution in [0.5, 0.6) is 0 Å². The van der Waals surface area contributed by atoms with Gasteiger partial charge in [0.2, 0.25) is 5.91 Å². The number of aromatic nitrogens is 2. The Balaban J connectivity index is 1.43. The molecule has 30 heavy (non-hydrogen) atoms. The summed E-state index contributed by atoms with van der Waals surface area (Å²) in [6.07, 6.45) is 1.08. The third kappa shape index (κ3) is 4.39. The molecule has 6 nitrogen and oxygen atoms in total. The van der Waals surface area contributed by atoms with Gasteiger partial charge in [0.1, 0.15) is 0 Å². The molecular formula is C24H28N4O2. The quantitative estimate of drug-likeness (QED) is 0.677. The molecule has 2 aromatic carbocycles. The lowest BCUT2D eigenvalue weighted by Gasteiger charge is -2.30. The number of morpholine rings is 1. The highest BCUT2D eigenvalue weighted by molar-refractivity contribution is 5.94. The van der Waals surface area contributed by atoms with Crippen molar-refractivity contribution in [3.63, 3.8) is 0 Å². The first-order chi connectivity index (χ1) is 14.6. The SMILES string of the molecule is Cc1nn(-c2ccccc2)c(C)c1CCC(=O)Nc1ccccc1N1CCOCC1. The van der Waals surface area contributed by atoms with E-state index in [2.05, 4.69) is 28.3 Å². The molecule has 1 saturated heterocycles. The van der Waals surface area contributed by atoms with Crippen LogP contribution in [-0.2, 0) is 16.0 Å². The molecular weight excluding hydrogens is 376 g/mol. The van der Waals surface area contributed by atoms with Crippen LogP contribution in [0.1, 0.15) is 23.4 Å². The van der Waals surface area contributed by atoms with E-state index in [1.54, 1.807) is 0 Å². The monoisotopic (exact) mass is 404 g/mol. The molecule has 0 radical (unpaired) electrons. The van der Waals surface area contributed by atoms with Crippen molar-refractivity contribution in [2.24, 2.45) is 0 Å². The van der Waals surface area contributed by atoms with Gasteiger partial charge < -0.3 is 15.0 Å². The van der Waals surface area contributed by atoms with Gasteiger partial charge in [-0.15, -0.1) is 0 Å². The van der Waals surface area contributed by atoms with Gasteiger partial charge in [0.25, 0.3) is 0 Å². The van der Waals surface area contributed by atoms with Gasteiger partial charge >= 0.3 is 0 Å². The van der Waals surface area contributed by atoms with Crippen LogP contribution in [-0.4, -0.2) is 42.0 Å². The van der Waals surface area contributed by atoms with Gasteiger partial charge in [-0.2, -0.15) is 5.10 Å². The number of benzene rings is 2. The number of amides is 1. The Labute approximate surface area is 177 Å². The zero-order valence-corrected chi connectivity index (χ0v) is 17.6. The topological polar surface area (TPSA) is 59.4 Å². The van der Waals surface area contributed by atoms with Gasteiger partial charge in [-0.05, 0) is 50.1 Å². The molecule has 6 heteroatoms. The summed E-state index contributed by atoms with van der Waals surface area (Å²) >= 11 is 0. The third-order valence-corrected chi connectivity index (χ3v) is 5.57. The van der Waals surface area contributed by atoms with E-state index in [1.165, 1.54) is 0 Å². The average molecular weight is 405 g/mol. The third-order valence-electron chi connectivity index (χ3n) is 5.57. The number of ether oxygens (including phenoxy) is 1. The molecule has 156 valence electrons. The van der Waals surface area contributed by atoms with Gasteiger partial charge in [-0.25, -0.2) is 4.68 Å². The minimum Gasteiger partial charge on any atom is -0.378 e. The van der Waals surface area contributed by atoms with E-state index in [9.17, 15) is 4.79 Å². The standard InChI is InChI=1S/C24H28N4O2/c1-18-21(19(2)28(26-18)20-8-4-3-5-9-20)12-13-24(29)25-22-10-6-7-11-23(22)27-14-16-30-17-15-27/h3-11H,12-17H2,1-2H3,(H,25,29). The maximum absolute atomic E-state index is 12.7. The van der Waals surface area contributed by atoms with Crippen molar-refractivity contribution in [1.29, 1.82) is 0 Å². The number of anilines is 2. The summed E-state index contributed by atoms with van der Waals surface area (Å²) in [4.78, 5) is 15.0. The van der Waals surface area contributed by atoms with Crippen LogP contribution in [0.4, 0.5) is 11.4 Å². The Morgan fingerprint density at radius 3 is 2.50 bits per heavy atom.